The molecule has 2 fully saturated rings. The molecule has 2 aliphatic rings. The molecule has 2 aromatic rings. The van der Waals surface area contributed by atoms with E-state index in [-0.39, 0.29) is 29.9 Å². The molecule has 33 heavy (non-hydrogen) atoms. The summed E-state index contributed by atoms with van der Waals surface area (Å²) in [5.41, 5.74) is 0.320. The van der Waals surface area contributed by atoms with Crippen LogP contribution in [0, 0.1) is 5.92 Å². The largest absolute Gasteiger partial charge is 0.493 e. The summed E-state index contributed by atoms with van der Waals surface area (Å²) in [6.45, 7) is 0.354. The molecule has 0 bridgehead atoms. The number of hydrogen-bond acceptors (Lipinski definition) is 7. The highest BCUT2D eigenvalue weighted by molar-refractivity contribution is 5.85. The van der Waals surface area contributed by atoms with E-state index in [0.717, 1.165) is 25.7 Å². The third-order valence-corrected chi connectivity index (χ3v) is 6.97. The topological polar surface area (TPSA) is 100.0 Å². The van der Waals surface area contributed by atoms with Crippen LogP contribution in [0.5, 0.6) is 11.5 Å². The van der Waals surface area contributed by atoms with Gasteiger partial charge in [0, 0.05) is 25.1 Å². The van der Waals surface area contributed by atoms with Crippen molar-refractivity contribution in [2.75, 3.05) is 21.3 Å². The van der Waals surface area contributed by atoms with Crippen LogP contribution in [-0.4, -0.2) is 59.7 Å². The number of rotatable bonds is 7. The van der Waals surface area contributed by atoms with E-state index < -0.39 is 6.04 Å². The fraction of sp³-hybridized carbons (Fsp3) is 0.583. The maximum atomic E-state index is 13.2. The number of hydrogen-bond donors (Lipinski definition) is 0. The van der Waals surface area contributed by atoms with Crippen molar-refractivity contribution >= 4 is 22.8 Å². The summed E-state index contributed by atoms with van der Waals surface area (Å²) in [5, 5.41) is 0.428. The summed E-state index contributed by atoms with van der Waals surface area (Å²) >= 11 is 0. The zero-order valence-electron chi connectivity index (χ0n) is 19.4. The van der Waals surface area contributed by atoms with Crippen molar-refractivity contribution in [3.05, 3.63) is 28.8 Å². The number of nitrogens with zero attached hydrogens (tertiary/aromatic N) is 3. The average Bonchev–Trinajstić information content (AvgIpc) is 3.24. The maximum absolute atomic E-state index is 13.2. The third-order valence-electron chi connectivity index (χ3n) is 6.97. The Morgan fingerprint density at radius 1 is 1.09 bits per heavy atom. The minimum atomic E-state index is -0.497. The van der Waals surface area contributed by atoms with E-state index in [1.807, 2.05) is 0 Å². The molecule has 4 rings (SSSR count). The van der Waals surface area contributed by atoms with Gasteiger partial charge in [-0.15, -0.1) is 0 Å². The Hall–Kier alpha value is -3.10. The smallest absolute Gasteiger partial charge is 0.328 e. The second-order valence-electron chi connectivity index (χ2n) is 8.76. The molecule has 1 saturated heterocycles. The molecule has 0 spiro atoms. The lowest BCUT2D eigenvalue weighted by molar-refractivity contribution is -0.152. The van der Waals surface area contributed by atoms with Crippen LogP contribution in [-0.2, 0) is 20.9 Å². The van der Waals surface area contributed by atoms with E-state index in [0.29, 0.717) is 47.7 Å². The van der Waals surface area contributed by atoms with Crippen LogP contribution in [0.3, 0.4) is 0 Å². The lowest BCUT2D eigenvalue weighted by Crippen LogP contribution is -2.46. The van der Waals surface area contributed by atoms with Gasteiger partial charge in [0.25, 0.3) is 5.56 Å². The molecule has 3 atom stereocenters. The SMILES string of the molecule is COC(=O)C1CC2CCCCC2N1C(=O)CCCn1cnc2cc(OC)c(OC)cc2c1=O. The van der Waals surface area contributed by atoms with Crippen molar-refractivity contribution in [1.82, 2.24) is 14.5 Å². The van der Waals surface area contributed by atoms with Crippen molar-refractivity contribution < 1.29 is 23.8 Å². The fourth-order valence-corrected chi connectivity index (χ4v) is 5.34. The number of aryl methyl sites for hydroxylation is 1. The molecular weight excluding hydrogens is 426 g/mol. The van der Waals surface area contributed by atoms with Crippen LogP contribution in [0.25, 0.3) is 10.9 Å². The monoisotopic (exact) mass is 457 g/mol. The van der Waals surface area contributed by atoms with Crippen LogP contribution in [0.4, 0.5) is 0 Å². The normalized spacial score (nSPS) is 22.2. The van der Waals surface area contributed by atoms with Crippen molar-refractivity contribution in [2.45, 2.75) is 63.6 Å². The Kier molecular flexibility index (Phi) is 6.85. The van der Waals surface area contributed by atoms with E-state index in [2.05, 4.69) is 4.98 Å². The first-order chi connectivity index (χ1) is 16.0. The zero-order valence-corrected chi connectivity index (χ0v) is 19.4. The molecule has 0 N–H and O–H groups in total. The van der Waals surface area contributed by atoms with Crippen molar-refractivity contribution in [1.29, 1.82) is 0 Å². The lowest BCUT2D eigenvalue weighted by Gasteiger charge is -2.33. The van der Waals surface area contributed by atoms with Gasteiger partial charge in [-0.25, -0.2) is 9.78 Å². The van der Waals surface area contributed by atoms with Gasteiger partial charge in [-0.3, -0.25) is 14.2 Å². The highest BCUT2D eigenvalue weighted by Gasteiger charge is 2.47. The van der Waals surface area contributed by atoms with E-state index in [9.17, 15) is 14.4 Å². The predicted molar refractivity (Wildman–Crippen MR) is 121 cm³/mol. The van der Waals surface area contributed by atoms with Gasteiger partial charge in [-0.2, -0.15) is 0 Å². The molecule has 1 aliphatic heterocycles. The first-order valence-electron chi connectivity index (χ1n) is 11.5. The Bertz CT molecular complexity index is 1100. The van der Waals surface area contributed by atoms with Crippen LogP contribution < -0.4 is 15.0 Å². The Labute approximate surface area is 192 Å². The third kappa shape index (κ3) is 4.41. The summed E-state index contributed by atoms with van der Waals surface area (Å²) in [4.78, 5) is 44.6. The van der Waals surface area contributed by atoms with Gasteiger partial charge in [0.05, 0.1) is 38.6 Å². The van der Waals surface area contributed by atoms with E-state index in [4.69, 9.17) is 14.2 Å². The summed E-state index contributed by atoms with van der Waals surface area (Å²) in [5.74, 6) is 0.949. The van der Waals surface area contributed by atoms with Gasteiger partial charge >= 0.3 is 5.97 Å². The minimum Gasteiger partial charge on any atom is -0.493 e. The van der Waals surface area contributed by atoms with Gasteiger partial charge < -0.3 is 19.1 Å². The molecule has 1 aliphatic carbocycles. The van der Waals surface area contributed by atoms with E-state index in [1.54, 1.807) is 17.0 Å². The Balaban J connectivity index is 1.47. The van der Waals surface area contributed by atoms with Gasteiger partial charge in [-0.1, -0.05) is 12.8 Å². The maximum Gasteiger partial charge on any atom is 0.328 e. The molecule has 1 aromatic carbocycles. The van der Waals surface area contributed by atoms with Gasteiger partial charge in [0.15, 0.2) is 11.5 Å². The van der Waals surface area contributed by atoms with Crippen molar-refractivity contribution in [2.24, 2.45) is 5.92 Å². The standard InChI is InChI=1S/C24H31N3O6/c1-31-20-12-16-17(13-21(20)32-2)25-14-26(23(16)29)10-6-9-22(28)27-18-8-5-4-7-15(18)11-19(27)24(30)33-3/h12-15,18-19H,4-11H2,1-3H3. The van der Waals surface area contributed by atoms with Gasteiger partial charge in [0.1, 0.15) is 6.04 Å². The van der Waals surface area contributed by atoms with Crippen LogP contribution >= 0.6 is 0 Å². The first-order valence-corrected chi connectivity index (χ1v) is 11.5. The highest BCUT2D eigenvalue weighted by atomic mass is 16.5. The molecule has 2 heterocycles. The molecule has 1 aromatic heterocycles. The van der Waals surface area contributed by atoms with Gasteiger partial charge in [-0.05, 0) is 37.7 Å². The molecular formula is C24H31N3O6. The average molecular weight is 458 g/mol. The number of ether oxygens (including phenoxy) is 3. The molecule has 3 unspecified atom stereocenters. The fourth-order valence-electron chi connectivity index (χ4n) is 5.34. The second kappa shape index (κ2) is 9.80. The number of fused-ring (bicyclic) bond motifs is 2. The van der Waals surface area contributed by atoms with Gasteiger partial charge in [0.2, 0.25) is 5.91 Å². The summed E-state index contributed by atoms with van der Waals surface area (Å²) in [7, 11) is 4.42. The van der Waals surface area contributed by atoms with Crippen LogP contribution in [0.2, 0.25) is 0 Å². The molecule has 1 saturated carbocycles. The number of aromatic nitrogens is 2. The second-order valence-corrected chi connectivity index (χ2v) is 8.76. The number of carbonyl (C=O) groups excluding carboxylic acids is 2. The highest BCUT2D eigenvalue weighted by Crippen LogP contribution is 2.40. The lowest BCUT2D eigenvalue weighted by atomic mass is 9.84. The number of amides is 1. The number of likely N-dealkylation sites (tertiary alicyclic amines) is 1. The molecule has 178 valence electrons. The number of esters is 1. The molecule has 9 heteroatoms. The number of methoxy groups -OCH3 is 3. The molecule has 9 nitrogen and oxygen atoms in total. The molecule has 0 radical (unpaired) electrons. The first kappa shape index (κ1) is 23.1. The summed E-state index contributed by atoms with van der Waals surface area (Å²) < 4.78 is 17.1. The van der Waals surface area contributed by atoms with Crippen molar-refractivity contribution in [3.8, 4) is 11.5 Å². The number of carbonyl (C=O) groups is 2. The quantitative estimate of drug-likeness (QED) is 0.589. The van der Waals surface area contributed by atoms with Crippen LogP contribution in [0.15, 0.2) is 23.3 Å². The minimum absolute atomic E-state index is 0.0481. The summed E-state index contributed by atoms with van der Waals surface area (Å²) in [6, 6.07) is 2.91. The summed E-state index contributed by atoms with van der Waals surface area (Å²) in [6.07, 6.45) is 7.11. The van der Waals surface area contributed by atoms with Crippen LogP contribution in [0.1, 0.15) is 44.9 Å². The number of benzene rings is 1. The zero-order chi connectivity index (χ0) is 23.5. The molecule has 1 amide bonds. The van der Waals surface area contributed by atoms with E-state index in [1.165, 1.54) is 32.2 Å². The van der Waals surface area contributed by atoms with Crippen molar-refractivity contribution in [3.63, 3.8) is 0 Å². The van der Waals surface area contributed by atoms with E-state index >= 15 is 0 Å². The predicted octanol–water partition coefficient (Wildman–Crippen LogP) is 2.53. The Morgan fingerprint density at radius 3 is 2.55 bits per heavy atom. The Morgan fingerprint density at radius 2 is 1.82 bits per heavy atom.